The maximum Gasteiger partial charge on any atom is 0.115 e. The minimum absolute atomic E-state index is 0.301. The maximum atomic E-state index is 9.55. The Hall–Kier alpha value is -1.81. The molecule has 0 aliphatic rings. The van der Waals surface area contributed by atoms with E-state index in [2.05, 4.69) is 38.1 Å². The first-order valence-electron chi connectivity index (χ1n) is 7.51. The Labute approximate surface area is 126 Å². The second kappa shape index (κ2) is 6.76. The molecule has 1 heterocycles. The highest BCUT2D eigenvalue weighted by Crippen LogP contribution is 2.17. The van der Waals surface area contributed by atoms with E-state index in [4.69, 9.17) is 0 Å². The van der Waals surface area contributed by atoms with E-state index in [1.165, 1.54) is 11.3 Å². The average molecular weight is 287 g/mol. The number of hydrogen-bond acceptors (Lipinski definition) is 3. The van der Waals surface area contributed by atoms with Gasteiger partial charge in [-0.3, -0.25) is 4.68 Å². The third-order valence-electron chi connectivity index (χ3n) is 3.70. The Kier molecular flexibility index (Phi) is 5.02. The number of hydrogen-bond donors (Lipinski definition) is 2. The van der Waals surface area contributed by atoms with Gasteiger partial charge in [0, 0.05) is 11.7 Å². The third kappa shape index (κ3) is 4.08. The van der Waals surface area contributed by atoms with Crippen LogP contribution in [0.3, 0.4) is 0 Å². The molecular formula is C17H25N3O. The molecule has 2 N–H and O–H groups in total. The fourth-order valence-electron chi connectivity index (χ4n) is 2.56. The van der Waals surface area contributed by atoms with Crippen molar-refractivity contribution in [1.82, 2.24) is 15.1 Å². The van der Waals surface area contributed by atoms with Gasteiger partial charge in [0.2, 0.25) is 0 Å². The average Bonchev–Trinajstić information content (AvgIpc) is 2.66. The van der Waals surface area contributed by atoms with Crippen LogP contribution in [0.25, 0.3) is 0 Å². The quantitative estimate of drug-likeness (QED) is 0.859. The van der Waals surface area contributed by atoms with Crippen LogP contribution < -0.4 is 5.32 Å². The van der Waals surface area contributed by atoms with Gasteiger partial charge in [-0.25, -0.2) is 0 Å². The summed E-state index contributed by atoms with van der Waals surface area (Å²) in [6, 6.07) is 7.86. The summed E-state index contributed by atoms with van der Waals surface area (Å²) in [6.07, 6.45) is 0.996. The highest BCUT2D eigenvalue weighted by atomic mass is 16.3. The Morgan fingerprint density at radius 1 is 1.29 bits per heavy atom. The Morgan fingerprint density at radius 3 is 2.71 bits per heavy atom. The molecule has 114 valence electrons. The number of rotatable bonds is 6. The lowest BCUT2D eigenvalue weighted by atomic mass is 10.1. The number of aromatic nitrogens is 2. The van der Waals surface area contributed by atoms with Crippen molar-refractivity contribution in [2.75, 3.05) is 6.54 Å². The molecule has 0 aliphatic carbocycles. The molecule has 0 fully saturated rings. The fraction of sp³-hybridized carbons (Fsp3) is 0.471. The Morgan fingerprint density at radius 2 is 2.05 bits per heavy atom. The van der Waals surface area contributed by atoms with Crippen LogP contribution in [0, 0.1) is 13.8 Å². The topological polar surface area (TPSA) is 50.1 Å². The van der Waals surface area contributed by atoms with E-state index in [9.17, 15) is 5.11 Å². The number of nitrogens with one attached hydrogen (secondary N) is 1. The van der Waals surface area contributed by atoms with Gasteiger partial charge < -0.3 is 10.4 Å². The van der Waals surface area contributed by atoms with Crippen molar-refractivity contribution in [2.45, 2.75) is 46.7 Å². The van der Waals surface area contributed by atoms with Gasteiger partial charge in [0.05, 0.1) is 12.2 Å². The number of aryl methyl sites for hydroxylation is 1. The molecule has 0 unspecified atom stereocenters. The van der Waals surface area contributed by atoms with Crippen LogP contribution in [0.1, 0.15) is 36.4 Å². The zero-order chi connectivity index (χ0) is 15.4. The van der Waals surface area contributed by atoms with Gasteiger partial charge in [-0.05, 0) is 50.1 Å². The fourth-order valence-corrected chi connectivity index (χ4v) is 2.56. The molecule has 4 nitrogen and oxygen atoms in total. The molecule has 21 heavy (non-hydrogen) atoms. The van der Waals surface area contributed by atoms with Gasteiger partial charge in [0.25, 0.3) is 0 Å². The summed E-state index contributed by atoms with van der Waals surface area (Å²) in [5, 5.41) is 17.6. The molecule has 0 amide bonds. The molecule has 0 atom stereocenters. The van der Waals surface area contributed by atoms with Gasteiger partial charge >= 0.3 is 0 Å². The normalized spacial score (nSPS) is 11.3. The van der Waals surface area contributed by atoms with Crippen molar-refractivity contribution in [3.8, 4) is 5.75 Å². The van der Waals surface area contributed by atoms with Crippen LogP contribution in [0.2, 0.25) is 0 Å². The van der Waals surface area contributed by atoms with E-state index >= 15 is 0 Å². The summed E-state index contributed by atoms with van der Waals surface area (Å²) in [6.45, 7) is 10.2. The van der Waals surface area contributed by atoms with Crippen LogP contribution in [-0.4, -0.2) is 27.5 Å². The largest absolute Gasteiger partial charge is 0.508 e. The third-order valence-corrected chi connectivity index (χ3v) is 3.70. The van der Waals surface area contributed by atoms with E-state index in [1.807, 2.05) is 16.8 Å². The van der Waals surface area contributed by atoms with Crippen molar-refractivity contribution >= 4 is 0 Å². The number of aromatic hydroxyl groups is 1. The highest BCUT2D eigenvalue weighted by Gasteiger charge is 2.11. The number of nitrogens with zero attached hydrogens (tertiary/aromatic N) is 2. The van der Waals surface area contributed by atoms with Gasteiger partial charge in [-0.15, -0.1) is 0 Å². The summed E-state index contributed by atoms with van der Waals surface area (Å²) in [7, 11) is 0. The van der Waals surface area contributed by atoms with Gasteiger partial charge in [0.1, 0.15) is 5.75 Å². The molecule has 4 heteroatoms. The molecular weight excluding hydrogens is 262 g/mol. The smallest absolute Gasteiger partial charge is 0.115 e. The maximum absolute atomic E-state index is 9.55. The molecule has 0 radical (unpaired) electrons. The molecule has 1 aromatic carbocycles. The van der Waals surface area contributed by atoms with Gasteiger partial charge in [0.15, 0.2) is 0 Å². The Bertz CT molecular complexity index is 602. The second-order valence-corrected chi connectivity index (χ2v) is 5.84. The molecule has 0 aliphatic heterocycles. The van der Waals surface area contributed by atoms with E-state index in [0.717, 1.165) is 24.2 Å². The van der Waals surface area contributed by atoms with Crippen molar-refractivity contribution in [2.24, 2.45) is 0 Å². The van der Waals surface area contributed by atoms with E-state index in [-0.39, 0.29) is 0 Å². The summed E-state index contributed by atoms with van der Waals surface area (Å²) in [4.78, 5) is 0. The first-order chi connectivity index (χ1) is 9.97. The predicted octanol–water partition coefficient (Wildman–Crippen LogP) is 2.79. The summed E-state index contributed by atoms with van der Waals surface area (Å²) >= 11 is 0. The molecule has 0 spiro atoms. The molecule has 2 rings (SSSR count). The van der Waals surface area contributed by atoms with Gasteiger partial charge in [-0.1, -0.05) is 26.0 Å². The zero-order valence-electron chi connectivity index (χ0n) is 13.3. The van der Waals surface area contributed by atoms with E-state index in [0.29, 0.717) is 18.3 Å². The summed E-state index contributed by atoms with van der Waals surface area (Å²) < 4.78 is 2.02. The number of phenolic OH excluding ortho intramolecular Hbond substituents is 1. The van der Waals surface area contributed by atoms with Crippen LogP contribution >= 0.6 is 0 Å². The lowest BCUT2D eigenvalue weighted by Gasteiger charge is -2.09. The molecule has 0 saturated carbocycles. The Balaban J connectivity index is 2.11. The van der Waals surface area contributed by atoms with Gasteiger partial charge in [-0.2, -0.15) is 5.10 Å². The number of benzene rings is 1. The minimum atomic E-state index is 0.301. The lowest BCUT2D eigenvalue weighted by molar-refractivity contribution is 0.474. The van der Waals surface area contributed by atoms with Crippen LogP contribution in [0.5, 0.6) is 5.75 Å². The van der Waals surface area contributed by atoms with Crippen LogP contribution in [-0.2, 0) is 13.0 Å². The molecule has 2 aromatic rings. The van der Waals surface area contributed by atoms with Crippen LogP contribution in [0.15, 0.2) is 24.3 Å². The van der Waals surface area contributed by atoms with Crippen molar-refractivity contribution in [3.05, 3.63) is 46.8 Å². The first-order valence-corrected chi connectivity index (χ1v) is 7.51. The first kappa shape index (κ1) is 15.6. The molecule has 0 saturated heterocycles. The summed E-state index contributed by atoms with van der Waals surface area (Å²) in [5.41, 5.74) is 4.69. The number of phenols is 1. The SMILES string of the molecule is Cc1nn(Cc2cccc(O)c2)c(C)c1CCNC(C)C. The van der Waals surface area contributed by atoms with Crippen molar-refractivity contribution < 1.29 is 5.11 Å². The minimum Gasteiger partial charge on any atom is -0.508 e. The van der Waals surface area contributed by atoms with Crippen molar-refractivity contribution in [3.63, 3.8) is 0 Å². The van der Waals surface area contributed by atoms with E-state index in [1.54, 1.807) is 12.1 Å². The summed E-state index contributed by atoms with van der Waals surface area (Å²) in [5.74, 6) is 0.301. The molecule has 1 aromatic heterocycles. The van der Waals surface area contributed by atoms with E-state index < -0.39 is 0 Å². The standard InChI is InChI=1S/C17H25N3O/c1-12(2)18-9-8-17-13(3)19-20(14(17)4)11-15-6-5-7-16(21)10-15/h5-7,10,12,18,21H,8-9,11H2,1-4H3. The lowest BCUT2D eigenvalue weighted by Crippen LogP contribution is -2.25. The van der Waals surface area contributed by atoms with Crippen LogP contribution in [0.4, 0.5) is 0 Å². The predicted molar refractivity (Wildman–Crippen MR) is 85.8 cm³/mol. The monoisotopic (exact) mass is 287 g/mol. The highest BCUT2D eigenvalue weighted by molar-refractivity contribution is 5.29. The zero-order valence-corrected chi connectivity index (χ0v) is 13.3. The second-order valence-electron chi connectivity index (χ2n) is 5.84. The van der Waals surface area contributed by atoms with Crippen molar-refractivity contribution in [1.29, 1.82) is 0 Å². The molecule has 0 bridgehead atoms.